The van der Waals surface area contributed by atoms with E-state index in [4.69, 9.17) is 16.2 Å². The summed E-state index contributed by atoms with van der Waals surface area (Å²) in [6.45, 7) is 0. The first-order valence-electron chi connectivity index (χ1n) is 8.41. The van der Waals surface area contributed by atoms with E-state index < -0.39 is 4.32 Å². The Hall–Kier alpha value is -3.07. The summed E-state index contributed by atoms with van der Waals surface area (Å²) >= 11 is 6.89. The molecular formula is C21H15Br2N5O. The van der Waals surface area contributed by atoms with E-state index in [9.17, 15) is 10.5 Å². The Bertz CT molecular complexity index is 1150. The highest BCUT2D eigenvalue weighted by molar-refractivity contribution is 9.12. The average molecular weight is 513 g/mol. The van der Waals surface area contributed by atoms with Gasteiger partial charge in [0.25, 0.3) is 0 Å². The van der Waals surface area contributed by atoms with E-state index in [1.807, 2.05) is 6.07 Å². The van der Waals surface area contributed by atoms with Gasteiger partial charge in [0.2, 0.25) is 5.88 Å². The molecule has 3 aromatic rings. The molecule has 144 valence electrons. The number of ether oxygens (including phenoxy) is 1. The third-order valence-electron chi connectivity index (χ3n) is 4.28. The topological polar surface area (TPSA) is 122 Å². The van der Waals surface area contributed by atoms with Gasteiger partial charge in [-0.15, -0.1) is 0 Å². The fourth-order valence-corrected chi connectivity index (χ4v) is 3.52. The third-order valence-corrected chi connectivity index (χ3v) is 6.75. The molecular weight excluding hydrogens is 498 g/mol. The maximum atomic E-state index is 9.79. The molecule has 0 bridgehead atoms. The van der Waals surface area contributed by atoms with Crippen molar-refractivity contribution in [1.82, 2.24) is 4.98 Å². The summed E-state index contributed by atoms with van der Waals surface area (Å²) in [7, 11) is 0. The van der Waals surface area contributed by atoms with Crippen LogP contribution in [0.2, 0.25) is 0 Å². The number of benzene rings is 2. The van der Waals surface area contributed by atoms with Crippen molar-refractivity contribution in [1.29, 1.82) is 10.5 Å². The van der Waals surface area contributed by atoms with E-state index in [0.717, 1.165) is 0 Å². The molecule has 1 atom stereocenters. The summed E-state index contributed by atoms with van der Waals surface area (Å²) < 4.78 is 5.06. The Morgan fingerprint density at radius 2 is 1.83 bits per heavy atom. The van der Waals surface area contributed by atoms with Crippen molar-refractivity contribution < 1.29 is 4.74 Å². The number of alkyl halides is 2. The fraction of sp³-hybridized carbons (Fsp3) is 0.0952. The summed E-state index contributed by atoms with van der Waals surface area (Å²) in [5.74, 6) is 0.580. The first-order valence-corrected chi connectivity index (χ1v) is 10.3. The van der Waals surface area contributed by atoms with Gasteiger partial charge < -0.3 is 16.2 Å². The molecule has 1 heterocycles. The molecule has 8 heteroatoms. The van der Waals surface area contributed by atoms with Crippen molar-refractivity contribution in [3.8, 4) is 34.9 Å². The molecule has 4 N–H and O–H groups in total. The van der Waals surface area contributed by atoms with Crippen LogP contribution in [0.3, 0.4) is 0 Å². The van der Waals surface area contributed by atoms with Gasteiger partial charge in [0.05, 0.1) is 23.4 Å². The van der Waals surface area contributed by atoms with E-state index in [-0.39, 0.29) is 5.88 Å². The Kier molecular flexibility index (Phi) is 6.07. The molecule has 0 amide bonds. The van der Waals surface area contributed by atoms with Crippen molar-refractivity contribution in [2.45, 2.75) is 4.32 Å². The lowest BCUT2D eigenvalue weighted by Crippen LogP contribution is -2.18. The number of nitriles is 2. The minimum absolute atomic E-state index is 0.207. The molecule has 0 saturated carbocycles. The minimum atomic E-state index is -1.07. The second kappa shape index (κ2) is 8.52. The predicted octanol–water partition coefficient (Wildman–Crippen LogP) is 5.09. The predicted molar refractivity (Wildman–Crippen MR) is 120 cm³/mol. The molecule has 0 aliphatic rings. The molecule has 0 aliphatic carbocycles. The lowest BCUT2D eigenvalue weighted by Gasteiger charge is -2.23. The molecule has 3 rings (SSSR count). The summed E-state index contributed by atoms with van der Waals surface area (Å²) in [4.78, 5) is 4.20. The number of nitrogens with two attached hydrogens (primary N) is 2. The number of hydrogen-bond acceptors (Lipinski definition) is 6. The van der Waals surface area contributed by atoms with Gasteiger partial charge in [-0.25, -0.2) is 4.98 Å². The first kappa shape index (κ1) is 20.7. The Morgan fingerprint density at radius 1 is 1.03 bits per heavy atom. The molecule has 0 radical (unpaired) electrons. The van der Waals surface area contributed by atoms with E-state index in [1.165, 1.54) is 0 Å². The van der Waals surface area contributed by atoms with Crippen molar-refractivity contribution in [3.63, 3.8) is 0 Å². The highest BCUT2D eigenvalue weighted by Gasteiger charge is 2.33. The number of para-hydroxylation sites is 1. The van der Waals surface area contributed by atoms with Gasteiger partial charge in [0.1, 0.15) is 10.1 Å². The maximum absolute atomic E-state index is 9.79. The van der Waals surface area contributed by atoms with Crippen LogP contribution in [0, 0.1) is 22.7 Å². The van der Waals surface area contributed by atoms with Crippen molar-refractivity contribution in [2.75, 3.05) is 16.8 Å². The number of anilines is 2. The van der Waals surface area contributed by atoms with Crippen LogP contribution in [0.5, 0.6) is 11.6 Å². The van der Waals surface area contributed by atoms with E-state index in [0.29, 0.717) is 44.7 Å². The monoisotopic (exact) mass is 511 g/mol. The maximum Gasteiger partial charge on any atom is 0.242 e. The smallest absolute Gasteiger partial charge is 0.242 e. The molecule has 1 aromatic heterocycles. The summed E-state index contributed by atoms with van der Waals surface area (Å²) in [5, 5.41) is 19.4. The number of hydrogen-bond donors (Lipinski definition) is 2. The van der Waals surface area contributed by atoms with Gasteiger partial charge >= 0.3 is 0 Å². The van der Waals surface area contributed by atoms with Crippen LogP contribution in [0.15, 0.2) is 54.7 Å². The second-order valence-electron chi connectivity index (χ2n) is 6.14. The Balaban J connectivity index is 2.32. The third kappa shape index (κ3) is 4.04. The molecule has 0 aliphatic heterocycles. The van der Waals surface area contributed by atoms with Gasteiger partial charge in [-0.2, -0.15) is 10.5 Å². The number of nitrogens with zero attached hydrogens (tertiary/aromatic N) is 3. The van der Waals surface area contributed by atoms with Crippen molar-refractivity contribution in [3.05, 3.63) is 65.9 Å². The second-order valence-corrected chi connectivity index (χ2v) is 8.06. The summed E-state index contributed by atoms with van der Waals surface area (Å²) in [5.41, 5.74) is 15.3. The van der Waals surface area contributed by atoms with Crippen LogP contribution in [0.1, 0.15) is 11.1 Å². The largest absolute Gasteiger partial charge is 0.436 e. The van der Waals surface area contributed by atoms with E-state index in [2.05, 4.69) is 49.0 Å². The SMILES string of the molecule is N#Cc1ccc(N)c(-c2cccc(C(Br)(C#N)CBr)c2Oc2ncccc2N)c1. The summed E-state index contributed by atoms with van der Waals surface area (Å²) in [6, 6.07) is 18.1. The lowest BCUT2D eigenvalue weighted by atomic mass is 9.93. The lowest BCUT2D eigenvalue weighted by molar-refractivity contribution is 0.459. The molecule has 1 unspecified atom stereocenters. The van der Waals surface area contributed by atoms with E-state index in [1.54, 1.807) is 48.7 Å². The van der Waals surface area contributed by atoms with E-state index >= 15 is 0 Å². The normalized spacial score (nSPS) is 12.4. The van der Waals surface area contributed by atoms with Crippen LogP contribution in [-0.2, 0) is 4.32 Å². The van der Waals surface area contributed by atoms with Gasteiger partial charge in [0.15, 0.2) is 0 Å². The number of rotatable bonds is 5. The van der Waals surface area contributed by atoms with Crippen molar-refractivity contribution >= 4 is 43.2 Å². The Labute approximate surface area is 185 Å². The Morgan fingerprint density at radius 3 is 2.48 bits per heavy atom. The van der Waals surface area contributed by atoms with Gasteiger partial charge in [0, 0.05) is 33.9 Å². The molecule has 0 saturated heterocycles. The molecule has 2 aromatic carbocycles. The zero-order valence-electron chi connectivity index (χ0n) is 15.1. The summed E-state index contributed by atoms with van der Waals surface area (Å²) in [6.07, 6.45) is 1.56. The van der Waals surface area contributed by atoms with Gasteiger partial charge in [-0.3, -0.25) is 0 Å². The zero-order chi connectivity index (χ0) is 21.0. The van der Waals surface area contributed by atoms with Crippen LogP contribution < -0.4 is 16.2 Å². The van der Waals surface area contributed by atoms with Crippen LogP contribution in [0.4, 0.5) is 11.4 Å². The highest BCUT2D eigenvalue weighted by Crippen LogP contribution is 2.46. The number of aromatic nitrogens is 1. The fourth-order valence-electron chi connectivity index (χ4n) is 2.78. The number of pyridine rings is 1. The molecule has 6 nitrogen and oxygen atoms in total. The standard InChI is InChI=1S/C21H15Br2N5O/c22-11-21(23,12-25)16-4-1-3-14(15-9-13(10-24)6-7-17(15)26)19(16)29-20-18(27)5-2-8-28-20/h1-9H,11,26-27H2. The van der Waals surface area contributed by atoms with Crippen LogP contribution >= 0.6 is 31.9 Å². The van der Waals surface area contributed by atoms with Crippen LogP contribution in [-0.4, -0.2) is 10.3 Å². The first-order chi connectivity index (χ1) is 13.9. The number of nitrogen functional groups attached to an aromatic ring is 2. The van der Waals surface area contributed by atoms with Gasteiger partial charge in [-0.1, -0.05) is 50.1 Å². The molecule has 0 fully saturated rings. The molecule has 0 spiro atoms. The molecule has 29 heavy (non-hydrogen) atoms. The van der Waals surface area contributed by atoms with Gasteiger partial charge in [-0.05, 0) is 30.3 Å². The quantitative estimate of drug-likeness (QED) is 0.362. The average Bonchev–Trinajstić information content (AvgIpc) is 2.75. The zero-order valence-corrected chi connectivity index (χ0v) is 18.2. The van der Waals surface area contributed by atoms with Crippen molar-refractivity contribution in [2.24, 2.45) is 0 Å². The minimum Gasteiger partial charge on any atom is -0.436 e. The van der Waals surface area contributed by atoms with Crippen LogP contribution in [0.25, 0.3) is 11.1 Å². The highest BCUT2D eigenvalue weighted by atomic mass is 79.9. The number of halogens is 2.